The van der Waals surface area contributed by atoms with Crippen molar-refractivity contribution in [2.24, 2.45) is 0 Å². The van der Waals surface area contributed by atoms with Crippen molar-refractivity contribution in [1.29, 1.82) is 0 Å². The third kappa shape index (κ3) is 8.55. The van der Waals surface area contributed by atoms with E-state index in [1.54, 1.807) is 0 Å². The highest BCUT2D eigenvalue weighted by molar-refractivity contribution is 7.00. The Labute approximate surface area is 510 Å². The van der Waals surface area contributed by atoms with Crippen LogP contribution in [0.1, 0.15) is 233 Å². The smallest absolute Gasteiger partial charge is 0.297 e. The average molecular weight is 1120 g/mol. The number of hydrogen-bond donors (Lipinski definition) is 0. The van der Waals surface area contributed by atoms with Gasteiger partial charge in [-0.15, -0.1) is 0 Å². The summed E-state index contributed by atoms with van der Waals surface area (Å²) in [4.78, 5) is 8.00. The van der Waals surface area contributed by atoms with E-state index >= 15 is 0 Å². The van der Waals surface area contributed by atoms with Gasteiger partial charge in [-0.1, -0.05) is 180 Å². The van der Waals surface area contributed by atoms with E-state index in [4.69, 9.17) is 4.42 Å². The number of hydrogen-bond acceptors (Lipinski definition) is 4. The van der Waals surface area contributed by atoms with E-state index < -0.39 is 0 Å². The maximum atomic E-state index is 7.74. The van der Waals surface area contributed by atoms with Gasteiger partial charge in [-0.2, -0.15) is 0 Å². The molecule has 8 aromatic rings. The predicted octanol–water partition coefficient (Wildman–Crippen LogP) is 20.7. The van der Waals surface area contributed by atoms with Crippen LogP contribution in [0, 0.1) is 0 Å². The van der Waals surface area contributed by atoms with Crippen LogP contribution >= 0.6 is 0 Å². The van der Waals surface area contributed by atoms with Gasteiger partial charge in [0.05, 0.1) is 17.0 Å². The molecule has 438 valence electrons. The summed E-state index contributed by atoms with van der Waals surface area (Å²) in [6.07, 6.45) is 9.21. The molecule has 7 aromatic carbocycles. The molecule has 0 N–H and O–H groups in total. The Bertz CT molecular complexity index is 4090. The van der Waals surface area contributed by atoms with Gasteiger partial charge in [-0.05, 0) is 240 Å². The maximum absolute atomic E-state index is 7.74. The third-order valence-electron chi connectivity index (χ3n) is 23.0. The molecule has 0 amide bonds. The predicted molar refractivity (Wildman–Crippen MR) is 365 cm³/mol. The molecule has 3 heterocycles. The molecule has 2 aliphatic heterocycles. The van der Waals surface area contributed by atoms with E-state index in [-0.39, 0.29) is 55.4 Å². The lowest BCUT2D eigenvalue weighted by Gasteiger charge is -2.47. The summed E-state index contributed by atoms with van der Waals surface area (Å²) in [5.74, 6) is 0. The van der Waals surface area contributed by atoms with Crippen molar-refractivity contribution < 1.29 is 4.42 Å². The van der Waals surface area contributed by atoms with E-state index in [0.29, 0.717) is 0 Å². The van der Waals surface area contributed by atoms with Crippen LogP contribution in [0.3, 0.4) is 0 Å². The Morgan fingerprint density at radius 2 is 0.824 bits per heavy atom. The molecule has 85 heavy (non-hydrogen) atoms. The highest BCUT2D eigenvalue weighted by atomic mass is 16.3. The van der Waals surface area contributed by atoms with Crippen LogP contribution in [0.25, 0.3) is 11.0 Å². The van der Waals surface area contributed by atoms with Gasteiger partial charge in [-0.25, -0.2) is 0 Å². The normalized spacial score (nSPS) is 21.0. The van der Waals surface area contributed by atoms with Crippen LogP contribution in [0.15, 0.2) is 132 Å². The minimum atomic E-state index is -0.203. The molecule has 1 aromatic heterocycles. The summed E-state index contributed by atoms with van der Waals surface area (Å²) in [6.45, 7) is 46.4. The molecule has 4 aliphatic carbocycles. The summed E-state index contributed by atoms with van der Waals surface area (Å²) in [7, 11) is 0. The van der Waals surface area contributed by atoms with E-state index in [9.17, 15) is 0 Å². The molecule has 4 nitrogen and oxygen atoms in total. The lowest BCUT2D eigenvalue weighted by atomic mass is 9.35. The summed E-state index contributed by atoms with van der Waals surface area (Å²) in [5, 5.41) is 1.17. The quantitative estimate of drug-likeness (QED) is 0.160. The molecule has 6 aliphatic rings. The van der Waals surface area contributed by atoms with Crippen LogP contribution < -0.4 is 31.3 Å². The van der Waals surface area contributed by atoms with Gasteiger partial charge in [-0.3, -0.25) is 0 Å². The van der Waals surface area contributed by atoms with Crippen LogP contribution in [0.2, 0.25) is 0 Å². The van der Waals surface area contributed by atoms with Gasteiger partial charge < -0.3 is 19.1 Å². The van der Waals surface area contributed by atoms with E-state index in [0.717, 1.165) is 66.8 Å². The second-order valence-corrected chi connectivity index (χ2v) is 33.7. The first-order valence-electron chi connectivity index (χ1n) is 32.5. The Morgan fingerprint density at radius 1 is 0.388 bits per heavy atom. The highest BCUT2D eigenvalue weighted by Gasteiger charge is 2.51. The molecule has 0 fully saturated rings. The molecule has 0 atom stereocenters. The largest absolute Gasteiger partial charge is 0.468 e. The minimum Gasteiger partial charge on any atom is -0.468 e. The number of anilines is 9. The van der Waals surface area contributed by atoms with E-state index in [2.05, 4.69) is 274 Å². The summed E-state index contributed by atoms with van der Waals surface area (Å²) >= 11 is 0. The highest BCUT2D eigenvalue weighted by Crippen LogP contribution is 2.57. The molecular weight excluding hydrogens is 1030 g/mol. The van der Waals surface area contributed by atoms with E-state index in [1.807, 2.05) is 0 Å². The standard InChI is InChI=1S/C80H94BN3O/c1-72(2,3)49-25-32-68-55(41-49)70-71(85-68)81-64-47-62-63(80(18,19)40-39-79(62,16)17)48-65(64)83(52-27-30-57-60(43-52)77(12,13)37-34-74(57,6)7)66-45-54(46-67(69(66)81)84(70)53-28-31-58-61(44-53)78(14,15)38-35-75(58,8)9)82(50-23-21-20-22-24-50)51-26-29-56-59(42-51)76(10,11)36-33-73(56,4)5/h20-32,41-48H,33-40H2,1-19H3. The molecule has 0 bridgehead atoms. The number of para-hydroxylation sites is 1. The zero-order chi connectivity index (χ0) is 60.3. The van der Waals surface area contributed by atoms with Gasteiger partial charge in [0.2, 0.25) is 0 Å². The number of fused-ring (bicyclic) bond motifs is 10. The Balaban J connectivity index is 1.16. The van der Waals surface area contributed by atoms with Crippen molar-refractivity contribution in [3.05, 3.63) is 177 Å². The van der Waals surface area contributed by atoms with Crippen LogP contribution in [0.4, 0.5) is 51.2 Å². The number of rotatable bonds is 5. The van der Waals surface area contributed by atoms with Gasteiger partial charge in [0.15, 0.2) is 0 Å². The Kier molecular flexibility index (Phi) is 12.0. The van der Waals surface area contributed by atoms with Crippen LogP contribution in [-0.2, 0) is 48.7 Å². The maximum Gasteiger partial charge on any atom is 0.297 e. The fourth-order valence-electron chi connectivity index (χ4n) is 16.8. The zero-order valence-electron chi connectivity index (χ0n) is 55.1. The monoisotopic (exact) mass is 1120 g/mol. The molecule has 0 spiro atoms. The number of benzene rings is 7. The van der Waals surface area contributed by atoms with Gasteiger partial charge >= 0.3 is 0 Å². The first-order chi connectivity index (χ1) is 39.7. The molecule has 14 rings (SSSR count). The average Bonchev–Trinajstić information content (AvgIpc) is 1.68. The Hall–Kier alpha value is -6.46. The Morgan fingerprint density at radius 3 is 1.33 bits per heavy atom. The molecule has 0 saturated carbocycles. The first kappa shape index (κ1) is 56.4. The molecule has 0 saturated heterocycles. The summed E-state index contributed by atoms with van der Waals surface area (Å²) in [6, 6.07) is 51.5. The van der Waals surface area contributed by atoms with Gasteiger partial charge in [0, 0.05) is 45.2 Å². The van der Waals surface area contributed by atoms with Gasteiger partial charge in [0.25, 0.3) is 6.71 Å². The van der Waals surface area contributed by atoms with Gasteiger partial charge in [0.1, 0.15) is 5.58 Å². The lowest BCUT2D eigenvalue weighted by Crippen LogP contribution is -2.61. The van der Waals surface area contributed by atoms with E-state index in [1.165, 1.54) is 113 Å². The fourth-order valence-corrected chi connectivity index (χ4v) is 16.8. The van der Waals surface area contributed by atoms with Crippen molar-refractivity contribution in [2.45, 2.75) is 232 Å². The summed E-state index contributed by atoms with van der Waals surface area (Å²) < 4.78 is 7.74. The first-order valence-corrected chi connectivity index (χ1v) is 32.5. The number of furan rings is 1. The molecule has 0 unspecified atom stereocenters. The van der Waals surface area contributed by atoms with Crippen molar-refractivity contribution in [3.8, 4) is 0 Å². The molecule has 5 heteroatoms. The SMILES string of the molecule is CC(C)(C)c1ccc2oc3c(c2c1)N(c1ccc2c(c1)C(C)(C)CCC2(C)C)c1cc(N(c2ccccc2)c2ccc4c(c2)C(C)(C)CCC4(C)C)cc2c1B3c1cc3c(cc1N2c1ccc2c(c1)C(C)(C)CCC2(C)C)C(C)(C)CCC3(C)C. The topological polar surface area (TPSA) is 22.9 Å². The molecular formula is C80H94BN3O. The van der Waals surface area contributed by atoms with Crippen molar-refractivity contribution in [3.63, 3.8) is 0 Å². The minimum absolute atomic E-state index is 0.00470. The molecule has 0 radical (unpaired) electrons. The number of nitrogens with zero attached hydrogens (tertiary/aromatic N) is 3. The van der Waals surface area contributed by atoms with Crippen molar-refractivity contribution in [2.75, 3.05) is 14.7 Å². The zero-order valence-corrected chi connectivity index (χ0v) is 55.1. The van der Waals surface area contributed by atoms with Crippen molar-refractivity contribution >= 4 is 85.5 Å². The second kappa shape index (κ2) is 18.1. The van der Waals surface area contributed by atoms with Crippen LogP contribution in [0.5, 0.6) is 0 Å². The third-order valence-corrected chi connectivity index (χ3v) is 23.0. The second-order valence-electron chi connectivity index (χ2n) is 33.7. The van der Waals surface area contributed by atoms with Crippen molar-refractivity contribution in [1.82, 2.24) is 0 Å². The fraction of sp³-hybridized carbons (Fsp3) is 0.450. The summed E-state index contributed by atoms with van der Waals surface area (Å²) in [5.41, 5.74) is 28.4. The lowest BCUT2D eigenvalue weighted by molar-refractivity contribution is 0.332. The van der Waals surface area contributed by atoms with Crippen LogP contribution in [-0.4, -0.2) is 6.71 Å².